The molecule has 0 amide bonds. The average Bonchev–Trinajstić information content (AvgIpc) is 2.47. The number of fused-ring (bicyclic) bond motifs is 1. The molecule has 0 saturated heterocycles. The fourth-order valence-corrected chi connectivity index (χ4v) is 1.86. The summed E-state index contributed by atoms with van der Waals surface area (Å²) < 4.78 is 0. The van der Waals surface area contributed by atoms with Crippen molar-refractivity contribution in [1.82, 2.24) is 4.98 Å². The van der Waals surface area contributed by atoms with Crippen molar-refractivity contribution in [2.75, 3.05) is 0 Å². The van der Waals surface area contributed by atoms with E-state index in [2.05, 4.69) is 15.2 Å². The van der Waals surface area contributed by atoms with Gasteiger partial charge < -0.3 is 5.11 Å². The first kappa shape index (κ1) is 14.2. The molecule has 20 heavy (non-hydrogen) atoms. The number of rotatable bonds is 2. The standard InChI is InChI=1S/C15H11N3O.Cu/c19-13-9-8-11-5-1-2-6-12(11)15(13)18-17-14-7-3-4-10-16-14;/h1-10,19H;/b18-17+;. The van der Waals surface area contributed by atoms with Crippen LogP contribution in [0.25, 0.3) is 10.8 Å². The monoisotopic (exact) mass is 312 g/mol. The van der Waals surface area contributed by atoms with Crippen LogP contribution in [0.3, 0.4) is 0 Å². The molecule has 1 radical (unpaired) electrons. The Hall–Kier alpha value is -2.23. The molecule has 0 spiro atoms. The number of nitrogens with zero attached hydrogens (tertiary/aromatic N) is 3. The van der Waals surface area contributed by atoms with Crippen molar-refractivity contribution in [3.05, 3.63) is 60.8 Å². The minimum Gasteiger partial charge on any atom is -0.506 e. The second-order valence-electron chi connectivity index (χ2n) is 4.04. The number of aromatic nitrogens is 1. The summed E-state index contributed by atoms with van der Waals surface area (Å²) in [5.74, 6) is 0.619. The van der Waals surface area contributed by atoms with E-state index in [9.17, 15) is 5.11 Å². The summed E-state index contributed by atoms with van der Waals surface area (Å²) >= 11 is 0. The van der Waals surface area contributed by atoms with E-state index in [1.54, 1.807) is 18.3 Å². The maximum absolute atomic E-state index is 9.91. The molecule has 0 atom stereocenters. The zero-order chi connectivity index (χ0) is 13.1. The van der Waals surface area contributed by atoms with Crippen molar-refractivity contribution in [1.29, 1.82) is 0 Å². The Morgan fingerprint density at radius 2 is 1.65 bits per heavy atom. The Kier molecular flexibility index (Phi) is 4.45. The van der Waals surface area contributed by atoms with E-state index >= 15 is 0 Å². The molecular weight excluding hydrogens is 302 g/mol. The van der Waals surface area contributed by atoms with E-state index in [-0.39, 0.29) is 22.8 Å². The van der Waals surface area contributed by atoms with Crippen LogP contribution < -0.4 is 0 Å². The molecule has 0 unspecified atom stereocenters. The van der Waals surface area contributed by atoms with Gasteiger partial charge in [0.15, 0.2) is 5.82 Å². The van der Waals surface area contributed by atoms with Gasteiger partial charge in [-0.1, -0.05) is 36.4 Å². The van der Waals surface area contributed by atoms with Gasteiger partial charge in [0.2, 0.25) is 0 Å². The second kappa shape index (κ2) is 6.28. The van der Waals surface area contributed by atoms with E-state index in [1.165, 1.54) is 0 Å². The van der Waals surface area contributed by atoms with Gasteiger partial charge in [0.05, 0.1) is 0 Å². The van der Waals surface area contributed by atoms with Crippen molar-refractivity contribution in [2.24, 2.45) is 10.2 Å². The van der Waals surface area contributed by atoms with Crippen LogP contribution in [0, 0.1) is 0 Å². The number of hydrogen-bond donors (Lipinski definition) is 1. The van der Waals surface area contributed by atoms with Crippen LogP contribution >= 0.6 is 0 Å². The van der Waals surface area contributed by atoms with Gasteiger partial charge in [-0.3, -0.25) is 0 Å². The normalized spacial score (nSPS) is 10.6. The number of phenols is 1. The zero-order valence-corrected chi connectivity index (χ0v) is 11.3. The molecule has 4 nitrogen and oxygen atoms in total. The molecule has 0 aliphatic heterocycles. The van der Waals surface area contributed by atoms with Gasteiger partial charge in [0.1, 0.15) is 11.4 Å². The molecule has 0 aliphatic carbocycles. The van der Waals surface area contributed by atoms with Gasteiger partial charge in [0, 0.05) is 28.7 Å². The summed E-state index contributed by atoms with van der Waals surface area (Å²) in [6.45, 7) is 0. The van der Waals surface area contributed by atoms with Crippen molar-refractivity contribution in [2.45, 2.75) is 0 Å². The van der Waals surface area contributed by atoms with Crippen molar-refractivity contribution in [3.8, 4) is 5.75 Å². The molecule has 3 aromatic rings. The largest absolute Gasteiger partial charge is 0.506 e. The number of benzene rings is 2. The summed E-state index contributed by atoms with van der Waals surface area (Å²) in [6.07, 6.45) is 1.65. The Balaban J connectivity index is 0.00000147. The van der Waals surface area contributed by atoms with E-state index in [0.29, 0.717) is 11.5 Å². The van der Waals surface area contributed by atoms with Crippen LogP contribution in [-0.2, 0) is 17.1 Å². The first-order chi connectivity index (χ1) is 9.34. The van der Waals surface area contributed by atoms with Crippen molar-refractivity contribution in [3.63, 3.8) is 0 Å². The number of azo groups is 1. The molecule has 3 rings (SSSR count). The molecule has 0 fully saturated rings. The Morgan fingerprint density at radius 1 is 0.850 bits per heavy atom. The Bertz CT molecular complexity index is 744. The zero-order valence-electron chi connectivity index (χ0n) is 10.4. The van der Waals surface area contributed by atoms with Crippen molar-refractivity contribution >= 4 is 22.3 Å². The number of phenolic OH excluding ortho intramolecular Hbond substituents is 1. The summed E-state index contributed by atoms with van der Waals surface area (Å²) in [4.78, 5) is 4.06. The van der Waals surface area contributed by atoms with Crippen molar-refractivity contribution < 1.29 is 22.2 Å². The van der Waals surface area contributed by atoms with Gasteiger partial charge in [-0.15, -0.1) is 10.2 Å². The smallest absolute Gasteiger partial charge is 0.174 e. The predicted octanol–water partition coefficient (Wildman–Crippen LogP) is 4.35. The van der Waals surface area contributed by atoms with Gasteiger partial charge in [-0.2, -0.15) is 0 Å². The Labute approximate surface area is 126 Å². The number of aromatic hydroxyl groups is 1. The maximum atomic E-state index is 9.91. The van der Waals surface area contributed by atoms with E-state index < -0.39 is 0 Å². The molecule has 0 bridgehead atoms. The Morgan fingerprint density at radius 3 is 2.45 bits per heavy atom. The number of pyridine rings is 1. The molecule has 0 saturated carbocycles. The van der Waals surface area contributed by atoms with Crippen LogP contribution in [0.2, 0.25) is 0 Å². The van der Waals surface area contributed by atoms with Gasteiger partial charge in [0.25, 0.3) is 0 Å². The topological polar surface area (TPSA) is 57.8 Å². The first-order valence-electron chi connectivity index (χ1n) is 5.88. The fraction of sp³-hybridized carbons (Fsp3) is 0. The predicted molar refractivity (Wildman–Crippen MR) is 74.0 cm³/mol. The molecule has 1 N–H and O–H groups in total. The van der Waals surface area contributed by atoms with E-state index in [1.807, 2.05) is 42.5 Å². The molecule has 1 heterocycles. The van der Waals surface area contributed by atoms with Crippen LogP contribution in [0.4, 0.5) is 11.5 Å². The first-order valence-corrected chi connectivity index (χ1v) is 5.88. The second-order valence-corrected chi connectivity index (χ2v) is 4.04. The summed E-state index contributed by atoms with van der Waals surface area (Å²) in [5.41, 5.74) is 0.462. The van der Waals surface area contributed by atoms with Crippen LogP contribution in [0.5, 0.6) is 5.75 Å². The third-order valence-electron chi connectivity index (χ3n) is 2.78. The molecular formula is C15H11CuN3O. The minimum atomic E-state index is 0. The maximum Gasteiger partial charge on any atom is 0.174 e. The quantitative estimate of drug-likeness (QED) is 0.565. The van der Waals surface area contributed by atoms with Gasteiger partial charge in [-0.05, 0) is 23.6 Å². The SMILES string of the molecule is Oc1ccc2ccccc2c1/N=N/c1ccccn1.[Cu]. The fourth-order valence-electron chi connectivity index (χ4n) is 1.86. The van der Waals surface area contributed by atoms with E-state index in [0.717, 1.165) is 10.8 Å². The third kappa shape index (κ3) is 2.85. The van der Waals surface area contributed by atoms with Crippen LogP contribution in [-0.4, -0.2) is 10.1 Å². The molecule has 5 heteroatoms. The third-order valence-corrected chi connectivity index (χ3v) is 2.78. The van der Waals surface area contributed by atoms with Crippen LogP contribution in [0.1, 0.15) is 0 Å². The van der Waals surface area contributed by atoms with Gasteiger partial charge in [-0.25, -0.2) is 4.98 Å². The molecule has 1 aromatic heterocycles. The average molecular weight is 313 g/mol. The van der Waals surface area contributed by atoms with Gasteiger partial charge >= 0.3 is 0 Å². The molecule has 103 valence electrons. The minimum absolute atomic E-state index is 0. The number of hydrogen-bond acceptors (Lipinski definition) is 4. The van der Waals surface area contributed by atoms with Crippen LogP contribution in [0.15, 0.2) is 71.0 Å². The summed E-state index contributed by atoms with van der Waals surface area (Å²) in [5, 5.41) is 19.9. The van der Waals surface area contributed by atoms with E-state index in [4.69, 9.17) is 0 Å². The molecule has 2 aromatic carbocycles. The summed E-state index contributed by atoms with van der Waals surface area (Å²) in [6, 6.07) is 16.6. The molecule has 0 aliphatic rings. The summed E-state index contributed by atoms with van der Waals surface area (Å²) in [7, 11) is 0.